The van der Waals surface area contributed by atoms with E-state index in [4.69, 9.17) is 11.6 Å². The fourth-order valence-corrected chi connectivity index (χ4v) is 1.19. The molecule has 0 nitrogen and oxygen atoms in total. The molecule has 0 aromatic heterocycles. The van der Waals surface area contributed by atoms with Crippen LogP contribution in [-0.4, -0.2) is 0 Å². The Labute approximate surface area is 77.8 Å². The van der Waals surface area contributed by atoms with E-state index >= 15 is 0 Å². The molecule has 0 radical (unpaired) electrons. The van der Waals surface area contributed by atoms with Gasteiger partial charge in [-0.15, -0.1) is 0 Å². The van der Waals surface area contributed by atoms with Crippen LogP contribution < -0.4 is 0 Å². The molecule has 3 heteroatoms. The van der Waals surface area contributed by atoms with E-state index in [1.165, 1.54) is 4.99 Å². The normalized spacial score (nSPS) is 11.7. The van der Waals surface area contributed by atoms with E-state index in [0.29, 0.717) is 10.6 Å². The Kier molecular flexibility index (Phi) is 3.09. The quantitative estimate of drug-likeness (QED) is 0.690. The van der Waals surface area contributed by atoms with Crippen LogP contribution in [0, 0.1) is 0 Å². The molecule has 58 valence electrons. The Morgan fingerprint density at radius 2 is 2.09 bits per heavy atom. The average molecular weight is 235 g/mol. The van der Waals surface area contributed by atoms with Crippen LogP contribution in [0.25, 0.3) is 5.83 Å². The van der Waals surface area contributed by atoms with Crippen LogP contribution in [0.2, 0.25) is 5.02 Å². The molecule has 0 aliphatic heterocycles. The van der Waals surface area contributed by atoms with Crippen molar-refractivity contribution in [3.8, 4) is 0 Å². The first-order valence-corrected chi connectivity index (χ1v) is 4.26. The van der Waals surface area contributed by atoms with E-state index in [2.05, 4.69) is 15.9 Å². The molecular weight excluding hydrogens is 230 g/mol. The first-order valence-electron chi connectivity index (χ1n) is 2.96. The smallest absolute Gasteiger partial charge is 0.138 e. The number of hydrogen-bond donors (Lipinski definition) is 0. The van der Waals surface area contributed by atoms with Crippen LogP contribution in [0.1, 0.15) is 5.56 Å². The summed E-state index contributed by atoms with van der Waals surface area (Å²) in [6.45, 7) is 0. The lowest BCUT2D eigenvalue weighted by Crippen LogP contribution is -1.77. The SMILES string of the molecule is F/C(=C\Br)c1ccccc1Cl. The fourth-order valence-electron chi connectivity index (χ4n) is 0.714. The highest BCUT2D eigenvalue weighted by atomic mass is 79.9. The zero-order valence-electron chi connectivity index (χ0n) is 5.52. The first kappa shape index (κ1) is 8.75. The molecule has 0 spiro atoms. The molecule has 1 aromatic carbocycles. The van der Waals surface area contributed by atoms with Crippen molar-refractivity contribution < 1.29 is 4.39 Å². The third-order valence-electron chi connectivity index (χ3n) is 1.23. The van der Waals surface area contributed by atoms with Crippen LogP contribution in [-0.2, 0) is 0 Å². The van der Waals surface area contributed by atoms with Gasteiger partial charge < -0.3 is 0 Å². The van der Waals surface area contributed by atoms with Gasteiger partial charge in [0.2, 0.25) is 0 Å². The van der Waals surface area contributed by atoms with Crippen molar-refractivity contribution in [2.24, 2.45) is 0 Å². The van der Waals surface area contributed by atoms with Gasteiger partial charge in [-0.25, -0.2) is 4.39 Å². The van der Waals surface area contributed by atoms with Crippen LogP contribution in [0.3, 0.4) is 0 Å². The van der Waals surface area contributed by atoms with Gasteiger partial charge in [0.25, 0.3) is 0 Å². The number of hydrogen-bond acceptors (Lipinski definition) is 0. The van der Waals surface area contributed by atoms with Crippen molar-refractivity contribution in [1.29, 1.82) is 0 Å². The molecule has 0 saturated carbocycles. The molecule has 1 aromatic rings. The van der Waals surface area contributed by atoms with Gasteiger partial charge in [-0.05, 0) is 6.07 Å². The molecule has 0 heterocycles. The van der Waals surface area contributed by atoms with Crippen molar-refractivity contribution in [2.45, 2.75) is 0 Å². The molecule has 0 bridgehead atoms. The van der Waals surface area contributed by atoms with Gasteiger partial charge in [-0.2, -0.15) is 0 Å². The van der Waals surface area contributed by atoms with E-state index in [9.17, 15) is 4.39 Å². The number of benzene rings is 1. The van der Waals surface area contributed by atoms with E-state index < -0.39 is 0 Å². The standard InChI is InChI=1S/C8H5BrClF/c9-5-8(11)6-3-1-2-4-7(6)10/h1-5H/b8-5-. The second-order valence-corrected chi connectivity index (χ2v) is 2.80. The Bertz CT molecular complexity index is 283. The lowest BCUT2D eigenvalue weighted by molar-refractivity contribution is 0.762. The summed E-state index contributed by atoms with van der Waals surface area (Å²) in [5.41, 5.74) is 0.408. The molecule has 0 aliphatic carbocycles. The molecule has 1 rings (SSSR count). The van der Waals surface area contributed by atoms with Gasteiger partial charge in [0, 0.05) is 10.5 Å². The summed E-state index contributed by atoms with van der Waals surface area (Å²) in [5.74, 6) is -0.365. The van der Waals surface area contributed by atoms with E-state index in [-0.39, 0.29) is 5.83 Å². The molecule has 0 N–H and O–H groups in total. The van der Waals surface area contributed by atoms with Gasteiger partial charge in [0.05, 0.1) is 5.02 Å². The highest BCUT2D eigenvalue weighted by molar-refractivity contribution is 9.11. The third-order valence-corrected chi connectivity index (χ3v) is 1.96. The van der Waals surface area contributed by atoms with E-state index in [0.717, 1.165) is 0 Å². The topological polar surface area (TPSA) is 0 Å². The fraction of sp³-hybridized carbons (Fsp3) is 0. The zero-order valence-corrected chi connectivity index (χ0v) is 7.86. The Hall–Kier alpha value is -0.340. The predicted octanol–water partition coefficient (Wildman–Crippen LogP) is 4.00. The maximum Gasteiger partial charge on any atom is 0.138 e. The highest BCUT2D eigenvalue weighted by Crippen LogP contribution is 2.24. The van der Waals surface area contributed by atoms with Crippen molar-refractivity contribution >= 4 is 33.4 Å². The third kappa shape index (κ3) is 2.04. The Balaban J connectivity index is 3.14. The van der Waals surface area contributed by atoms with Crippen LogP contribution in [0.15, 0.2) is 29.3 Å². The summed E-state index contributed by atoms with van der Waals surface area (Å²) in [6, 6.07) is 6.76. The first-order chi connectivity index (χ1) is 5.25. The summed E-state index contributed by atoms with van der Waals surface area (Å²) >= 11 is 8.59. The lowest BCUT2D eigenvalue weighted by Gasteiger charge is -1.97. The molecule has 11 heavy (non-hydrogen) atoms. The molecule has 0 amide bonds. The number of rotatable bonds is 1. The molecule has 0 fully saturated rings. The van der Waals surface area contributed by atoms with Crippen molar-refractivity contribution in [3.63, 3.8) is 0 Å². The minimum atomic E-state index is -0.365. The van der Waals surface area contributed by atoms with Crippen molar-refractivity contribution in [2.75, 3.05) is 0 Å². The molecule has 0 aliphatic rings. The van der Waals surface area contributed by atoms with Crippen LogP contribution >= 0.6 is 27.5 Å². The minimum Gasteiger partial charge on any atom is -0.206 e. The Morgan fingerprint density at radius 1 is 1.45 bits per heavy atom. The maximum atomic E-state index is 12.9. The van der Waals surface area contributed by atoms with Gasteiger partial charge in [0.1, 0.15) is 5.83 Å². The number of halogens is 3. The maximum absolute atomic E-state index is 12.9. The van der Waals surface area contributed by atoms with E-state index in [1.54, 1.807) is 24.3 Å². The highest BCUT2D eigenvalue weighted by Gasteiger charge is 2.02. The summed E-state index contributed by atoms with van der Waals surface area (Å²) in [6.07, 6.45) is 0. The molecule has 0 saturated heterocycles. The summed E-state index contributed by atoms with van der Waals surface area (Å²) in [7, 11) is 0. The van der Waals surface area contributed by atoms with Gasteiger partial charge in [-0.1, -0.05) is 45.7 Å². The minimum absolute atomic E-state index is 0.365. The average Bonchev–Trinajstić information content (AvgIpc) is 2.04. The second-order valence-electron chi connectivity index (χ2n) is 1.94. The van der Waals surface area contributed by atoms with Crippen LogP contribution in [0.4, 0.5) is 4.39 Å². The van der Waals surface area contributed by atoms with Gasteiger partial charge in [-0.3, -0.25) is 0 Å². The molecular formula is C8H5BrClF. The van der Waals surface area contributed by atoms with Crippen LogP contribution in [0.5, 0.6) is 0 Å². The van der Waals surface area contributed by atoms with E-state index in [1.807, 2.05) is 0 Å². The Morgan fingerprint density at radius 3 is 2.64 bits per heavy atom. The lowest BCUT2D eigenvalue weighted by atomic mass is 10.2. The summed E-state index contributed by atoms with van der Waals surface area (Å²) < 4.78 is 12.9. The molecule has 0 unspecified atom stereocenters. The van der Waals surface area contributed by atoms with Crippen molar-refractivity contribution in [1.82, 2.24) is 0 Å². The van der Waals surface area contributed by atoms with Gasteiger partial charge in [0.15, 0.2) is 0 Å². The second kappa shape index (κ2) is 3.88. The van der Waals surface area contributed by atoms with Crippen molar-refractivity contribution in [3.05, 3.63) is 39.8 Å². The van der Waals surface area contributed by atoms with Gasteiger partial charge >= 0.3 is 0 Å². The molecule has 0 atom stereocenters. The summed E-state index contributed by atoms with van der Waals surface area (Å²) in [5, 5.41) is 0.417. The predicted molar refractivity (Wildman–Crippen MR) is 49.5 cm³/mol. The monoisotopic (exact) mass is 234 g/mol. The summed E-state index contributed by atoms with van der Waals surface area (Å²) in [4.78, 5) is 1.20. The largest absolute Gasteiger partial charge is 0.206 e. The zero-order chi connectivity index (χ0) is 8.27.